The van der Waals surface area contributed by atoms with E-state index in [0.717, 1.165) is 26.9 Å². The monoisotopic (exact) mass is 417 g/mol. The topological polar surface area (TPSA) is 33.0 Å². The van der Waals surface area contributed by atoms with Crippen molar-refractivity contribution in [2.75, 3.05) is 0 Å². The molecule has 0 aliphatic carbocycles. The molecule has 27 heavy (non-hydrogen) atoms. The van der Waals surface area contributed by atoms with Gasteiger partial charge in [0.1, 0.15) is 12.4 Å². The molecule has 3 rings (SSSR count). The number of rotatable bonds is 5. The highest BCUT2D eigenvalue weighted by Gasteiger charge is 2.05. The molecule has 0 spiro atoms. The van der Waals surface area contributed by atoms with Crippen LogP contribution in [0.2, 0.25) is 0 Å². The number of allylic oxidation sites excluding steroid dienone is 1. The number of benzene rings is 3. The summed E-state index contributed by atoms with van der Waals surface area (Å²) in [5.41, 5.74) is 6.03. The van der Waals surface area contributed by atoms with Crippen molar-refractivity contribution in [1.29, 1.82) is 5.26 Å². The van der Waals surface area contributed by atoms with Gasteiger partial charge in [0, 0.05) is 0 Å². The predicted octanol–water partition coefficient (Wildman–Crippen LogP) is 6.71. The van der Waals surface area contributed by atoms with Gasteiger partial charge in [0.15, 0.2) is 0 Å². The van der Waals surface area contributed by atoms with Crippen molar-refractivity contribution in [3.63, 3.8) is 0 Å². The van der Waals surface area contributed by atoms with Gasteiger partial charge < -0.3 is 4.74 Å². The molecular weight excluding hydrogens is 398 g/mol. The Bertz CT molecular complexity index is 996. The molecule has 3 heteroatoms. The molecule has 0 bridgehead atoms. The molecule has 3 aromatic carbocycles. The van der Waals surface area contributed by atoms with Crippen LogP contribution in [0.3, 0.4) is 0 Å². The number of hydrogen-bond donors (Lipinski definition) is 0. The second-order valence-corrected chi connectivity index (χ2v) is 7.35. The van der Waals surface area contributed by atoms with Gasteiger partial charge in [0.05, 0.1) is 16.1 Å². The Morgan fingerprint density at radius 2 is 1.59 bits per heavy atom. The fraction of sp³-hybridized carbons (Fsp3) is 0.125. The maximum atomic E-state index is 9.51. The van der Waals surface area contributed by atoms with Crippen LogP contribution in [0.1, 0.15) is 27.8 Å². The number of nitrogens with zero attached hydrogens (tertiary/aromatic N) is 1. The molecule has 0 unspecified atom stereocenters. The second-order valence-electron chi connectivity index (χ2n) is 6.50. The lowest BCUT2D eigenvalue weighted by molar-refractivity contribution is 0.304. The third-order valence-corrected chi connectivity index (χ3v) is 4.88. The third kappa shape index (κ3) is 5.09. The molecule has 0 saturated heterocycles. The van der Waals surface area contributed by atoms with Gasteiger partial charge in [0.2, 0.25) is 0 Å². The van der Waals surface area contributed by atoms with Gasteiger partial charge in [-0.05, 0) is 64.7 Å². The summed E-state index contributed by atoms with van der Waals surface area (Å²) in [6.45, 7) is 4.62. The summed E-state index contributed by atoms with van der Waals surface area (Å²) in [7, 11) is 0. The minimum Gasteiger partial charge on any atom is -0.488 e. The average Bonchev–Trinajstić information content (AvgIpc) is 2.67. The third-order valence-electron chi connectivity index (χ3n) is 4.26. The normalized spacial score (nSPS) is 11.1. The number of nitriles is 1. The first-order valence-corrected chi connectivity index (χ1v) is 9.51. The molecule has 2 nitrogen and oxygen atoms in total. The standard InChI is InChI=1S/C24H20BrNO/c1-17-3-7-19(8-4-17)16-27-24-12-9-20(14-23(24)25)13-22(15-26)21-10-5-18(2)6-11-21/h3-14H,16H2,1-2H3/b22-13-. The molecule has 0 aromatic heterocycles. The van der Waals surface area contributed by atoms with E-state index in [0.29, 0.717) is 12.2 Å². The molecule has 0 atom stereocenters. The molecule has 0 fully saturated rings. The number of aryl methyl sites for hydroxylation is 2. The van der Waals surface area contributed by atoms with E-state index in [1.807, 2.05) is 55.5 Å². The molecule has 3 aromatic rings. The highest BCUT2D eigenvalue weighted by atomic mass is 79.9. The Labute approximate surface area is 168 Å². The van der Waals surface area contributed by atoms with E-state index in [1.54, 1.807) is 0 Å². The molecule has 134 valence electrons. The van der Waals surface area contributed by atoms with Crippen molar-refractivity contribution in [2.24, 2.45) is 0 Å². The van der Waals surface area contributed by atoms with E-state index >= 15 is 0 Å². The van der Waals surface area contributed by atoms with E-state index in [4.69, 9.17) is 4.74 Å². The summed E-state index contributed by atoms with van der Waals surface area (Å²) < 4.78 is 6.78. The number of hydrogen-bond acceptors (Lipinski definition) is 2. The van der Waals surface area contributed by atoms with Crippen LogP contribution in [0.15, 0.2) is 71.2 Å². The van der Waals surface area contributed by atoms with Crippen LogP contribution < -0.4 is 4.74 Å². The maximum absolute atomic E-state index is 9.51. The second kappa shape index (κ2) is 8.70. The Hall–Kier alpha value is -2.83. The predicted molar refractivity (Wildman–Crippen MR) is 114 cm³/mol. The van der Waals surface area contributed by atoms with Crippen LogP contribution >= 0.6 is 15.9 Å². The van der Waals surface area contributed by atoms with Crippen molar-refractivity contribution < 1.29 is 4.74 Å². The van der Waals surface area contributed by atoms with Crippen LogP contribution in [0.4, 0.5) is 0 Å². The SMILES string of the molecule is Cc1ccc(COc2ccc(/C=C(/C#N)c3ccc(C)cc3)cc2Br)cc1. The lowest BCUT2D eigenvalue weighted by Crippen LogP contribution is -1.96. The lowest BCUT2D eigenvalue weighted by atomic mass is 10.0. The summed E-state index contributed by atoms with van der Waals surface area (Å²) in [5.74, 6) is 0.779. The van der Waals surface area contributed by atoms with Crippen molar-refractivity contribution in [3.05, 3.63) is 99.0 Å². The molecule has 0 aliphatic heterocycles. The summed E-state index contributed by atoms with van der Waals surface area (Å²) in [6, 6.07) is 24.4. The Kier molecular flexibility index (Phi) is 6.11. The first kappa shape index (κ1) is 18.9. The average molecular weight is 418 g/mol. The van der Waals surface area contributed by atoms with E-state index in [2.05, 4.69) is 53.2 Å². The molecular formula is C24H20BrNO. The van der Waals surface area contributed by atoms with E-state index in [9.17, 15) is 5.26 Å². The summed E-state index contributed by atoms with van der Waals surface area (Å²) in [6.07, 6.45) is 1.89. The minimum atomic E-state index is 0.515. The fourth-order valence-electron chi connectivity index (χ4n) is 2.65. The van der Waals surface area contributed by atoms with Crippen LogP contribution in [-0.2, 0) is 6.61 Å². The van der Waals surface area contributed by atoms with Gasteiger partial charge in [-0.1, -0.05) is 65.7 Å². The Morgan fingerprint density at radius 3 is 2.19 bits per heavy atom. The van der Waals surface area contributed by atoms with E-state index < -0.39 is 0 Å². The quantitative estimate of drug-likeness (QED) is 0.341. The zero-order chi connectivity index (χ0) is 19.2. The fourth-order valence-corrected chi connectivity index (χ4v) is 3.16. The van der Waals surface area contributed by atoms with E-state index in [-0.39, 0.29) is 0 Å². The highest BCUT2D eigenvalue weighted by Crippen LogP contribution is 2.29. The number of halogens is 1. The van der Waals surface area contributed by atoms with Gasteiger partial charge in [0.25, 0.3) is 0 Å². The van der Waals surface area contributed by atoms with Crippen LogP contribution in [-0.4, -0.2) is 0 Å². The highest BCUT2D eigenvalue weighted by molar-refractivity contribution is 9.10. The first-order chi connectivity index (χ1) is 13.0. The molecule has 0 radical (unpaired) electrons. The van der Waals surface area contributed by atoms with Gasteiger partial charge in [-0.2, -0.15) is 5.26 Å². The molecule has 0 amide bonds. The lowest BCUT2D eigenvalue weighted by Gasteiger charge is -2.09. The first-order valence-electron chi connectivity index (χ1n) is 8.72. The largest absolute Gasteiger partial charge is 0.488 e. The maximum Gasteiger partial charge on any atom is 0.134 e. The van der Waals surface area contributed by atoms with Gasteiger partial charge in [-0.3, -0.25) is 0 Å². The van der Waals surface area contributed by atoms with Gasteiger partial charge in [-0.15, -0.1) is 0 Å². The minimum absolute atomic E-state index is 0.515. The van der Waals surface area contributed by atoms with Crippen molar-refractivity contribution >= 4 is 27.6 Å². The Morgan fingerprint density at radius 1 is 0.963 bits per heavy atom. The van der Waals surface area contributed by atoms with Crippen LogP contribution in [0, 0.1) is 25.2 Å². The molecule has 0 heterocycles. The van der Waals surface area contributed by atoms with Crippen molar-refractivity contribution in [3.8, 4) is 11.8 Å². The molecule has 0 N–H and O–H groups in total. The summed E-state index contributed by atoms with van der Waals surface area (Å²) in [5, 5.41) is 9.51. The smallest absolute Gasteiger partial charge is 0.134 e. The van der Waals surface area contributed by atoms with Crippen molar-refractivity contribution in [1.82, 2.24) is 0 Å². The number of ether oxygens (including phenoxy) is 1. The molecule has 0 saturated carbocycles. The summed E-state index contributed by atoms with van der Waals surface area (Å²) in [4.78, 5) is 0. The zero-order valence-electron chi connectivity index (χ0n) is 15.4. The van der Waals surface area contributed by atoms with Crippen LogP contribution in [0.25, 0.3) is 11.6 Å². The van der Waals surface area contributed by atoms with Gasteiger partial charge in [-0.25, -0.2) is 0 Å². The Balaban J connectivity index is 1.76. The molecule has 0 aliphatic rings. The summed E-state index contributed by atoms with van der Waals surface area (Å²) >= 11 is 3.57. The van der Waals surface area contributed by atoms with E-state index in [1.165, 1.54) is 11.1 Å². The van der Waals surface area contributed by atoms with Gasteiger partial charge >= 0.3 is 0 Å². The zero-order valence-corrected chi connectivity index (χ0v) is 17.0. The van der Waals surface area contributed by atoms with Crippen LogP contribution in [0.5, 0.6) is 5.75 Å². The van der Waals surface area contributed by atoms with Crippen molar-refractivity contribution in [2.45, 2.75) is 20.5 Å².